The number of carbonyl (C=O) groups is 2. The predicted molar refractivity (Wildman–Crippen MR) is 132 cm³/mol. The normalized spacial score (nSPS) is 16.4. The molecule has 0 aliphatic carbocycles. The molecule has 2 aromatic rings. The molecule has 2 amide bonds. The summed E-state index contributed by atoms with van der Waals surface area (Å²) in [6, 6.07) is 11.1. The molecular weight excluding hydrogens is 478 g/mol. The van der Waals surface area contributed by atoms with Crippen LogP contribution in [0.3, 0.4) is 0 Å². The highest BCUT2D eigenvalue weighted by atomic mass is 35.5. The maximum Gasteiger partial charge on any atom is 0.253 e. The number of halogens is 1. The number of piperidine rings is 1. The minimum absolute atomic E-state index is 0.0792. The van der Waals surface area contributed by atoms with Gasteiger partial charge in [-0.1, -0.05) is 25.4 Å². The lowest BCUT2D eigenvalue weighted by Gasteiger charge is -2.32. The number of nitrogens with one attached hydrogen (secondary N) is 1. The van der Waals surface area contributed by atoms with Crippen LogP contribution in [0.15, 0.2) is 47.4 Å². The summed E-state index contributed by atoms with van der Waals surface area (Å²) in [6.07, 6.45) is 1.31. The van der Waals surface area contributed by atoms with Crippen LogP contribution in [0.2, 0.25) is 5.02 Å². The van der Waals surface area contributed by atoms with Crippen molar-refractivity contribution in [3.8, 4) is 5.75 Å². The highest BCUT2D eigenvalue weighted by Crippen LogP contribution is 2.30. The van der Waals surface area contributed by atoms with Crippen molar-refractivity contribution < 1.29 is 22.7 Å². The maximum atomic E-state index is 13.1. The Bertz CT molecular complexity index is 1130. The maximum absolute atomic E-state index is 13.1. The molecule has 1 heterocycles. The van der Waals surface area contributed by atoms with Gasteiger partial charge in [-0.3, -0.25) is 9.59 Å². The van der Waals surface area contributed by atoms with E-state index < -0.39 is 15.9 Å². The van der Waals surface area contributed by atoms with E-state index in [0.29, 0.717) is 48.8 Å². The number of sulfonamides is 1. The van der Waals surface area contributed by atoms with Gasteiger partial charge in [-0.2, -0.15) is 4.31 Å². The average Bonchev–Trinajstić information content (AvgIpc) is 2.84. The summed E-state index contributed by atoms with van der Waals surface area (Å²) in [5.74, 6) is -0.516. The number of benzene rings is 2. The molecule has 1 aliphatic heterocycles. The van der Waals surface area contributed by atoms with Gasteiger partial charge in [0.1, 0.15) is 5.75 Å². The van der Waals surface area contributed by atoms with Crippen LogP contribution in [0.4, 0.5) is 5.69 Å². The fraction of sp³-hybridized carbons (Fsp3) is 0.417. The first-order valence-corrected chi connectivity index (χ1v) is 13.1. The monoisotopic (exact) mass is 507 g/mol. The molecule has 1 saturated heterocycles. The molecule has 1 atom stereocenters. The molecule has 0 unspecified atom stereocenters. The number of nitrogens with zero attached hydrogens (tertiary/aromatic N) is 2. The van der Waals surface area contributed by atoms with E-state index in [1.807, 2.05) is 0 Å². The third kappa shape index (κ3) is 5.71. The van der Waals surface area contributed by atoms with Gasteiger partial charge in [-0.25, -0.2) is 8.42 Å². The zero-order valence-electron chi connectivity index (χ0n) is 19.6. The van der Waals surface area contributed by atoms with Gasteiger partial charge in [0, 0.05) is 36.8 Å². The molecule has 1 N–H and O–H groups in total. The van der Waals surface area contributed by atoms with Gasteiger partial charge >= 0.3 is 0 Å². The number of amides is 2. The highest BCUT2D eigenvalue weighted by Gasteiger charge is 2.30. The molecule has 0 aromatic heterocycles. The van der Waals surface area contributed by atoms with Crippen molar-refractivity contribution in [2.75, 3.05) is 38.6 Å². The second kappa shape index (κ2) is 11.2. The summed E-state index contributed by atoms with van der Waals surface area (Å²) >= 11 is 5.91. The number of anilines is 1. The van der Waals surface area contributed by atoms with E-state index in [2.05, 4.69) is 5.32 Å². The Morgan fingerprint density at radius 2 is 1.82 bits per heavy atom. The van der Waals surface area contributed by atoms with Crippen LogP contribution < -0.4 is 10.1 Å². The molecule has 1 aliphatic rings. The number of rotatable bonds is 8. The van der Waals surface area contributed by atoms with Crippen LogP contribution in [0.25, 0.3) is 0 Å². The van der Waals surface area contributed by atoms with Gasteiger partial charge in [0.25, 0.3) is 5.91 Å². The van der Waals surface area contributed by atoms with Gasteiger partial charge in [0.15, 0.2) is 0 Å². The lowest BCUT2D eigenvalue weighted by atomic mass is 9.96. The Labute approximate surface area is 205 Å². The first-order valence-electron chi connectivity index (χ1n) is 11.2. The minimum Gasteiger partial charge on any atom is -0.495 e. The molecule has 0 saturated carbocycles. The molecule has 3 rings (SSSR count). The van der Waals surface area contributed by atoms with Crippen molar-refractivity contribution in [2.45, 2.75) is 31.6 Å². The number of likely N-dealkylation sites (tertiary alicyclic amines) is 1. The Morgan fingerprint density at radius 3 is 2.44 bits per heavy atom. The third-order valence-corrected chi connectivity index (χ3v) is 8.24. The summed E-state index contributed by atoms with van der Waals surface area (Å²) in [5.41, 5.74) is 0.795. The molecule has 1 fully saturated rings. The van der Waals surface area contributed by atoms with Gasteiger partial charge in [-0.15, -0.1) is 0 Å². The molecular formula is C24H30ClN3O5S. The van der Waals surface area contributed by atoms with E-state index in [1.54, 1.807) is 43.0 Å². The van der Waals surface area contributed by atoms with Gasteiger partial charge < -0.3 is 15.0 Å². The van der Waals surface area contributed by atoms with E-state index in [4.69, 9.17) is 16.3 Å². The molecule has 0 radical (unpaired) electrons. The Morgan fingerprint density at radius 1 is 1.15 bits per heavy atom. The number of ether oxygens (including phenoxy) is 1. The van der Waals surface area contributed by atoms with Crippen LogP contribution in [0, 0.1) is 5.92 Å². The Kier molecular flexibility index (Phi) is 8.57. The number of carbonyl (C=O) groups excluding carboxylic acids is 2. The van der Waals surface area contributed by atoms with Crippen molar-refractivity contribution in [3.05, 3.63) is 53.1 Å². The first kappa shape index (κ1) is 26.0. The first-order chi connectivity index (χ1) is 16.2. The average molecular weight is 508 g/mol. The van der Waals surface area contributed by atoms with Crippen LogP contribution in [-0.2, 0) is 14.8 Å². The quantitative estimate of drug-likeness (QED) is 0.585. The van der Waals surface area contributed by atoms with Crippen molar-refractivity contribution in [1.82, 2.24) is 9.21 Å². The summed E-state index contributed by atoms with van der Waals surface area (Å²) in [5, 5.41) is 3.37. The fourth-order valence-corrected chi connectivity index (χ4v) is 5.65. The lowest BCUT2D eigenvalue weighted by molar-refractivity contribution is -0.121. The summed E-state index contributed by atoms with van der Waals surface area (Å²) in [4.78, 5) is 27.7. The largest absolute Gasteiger partial charge is 0.495 e. The summed E-state index contributed by atoms with van der Waals surface area (Å²) in [6.45, 7) is 5.05. The second-order valence-corrected chi connectivity index (χ2v) is 10.4. The van der Waals surface area contributed by atoms with Crippen LogP contribution in [0.1, 0.15) is 37.0 Å². The molecule has 2 aromatic carbocycles. The number of hydrogen-bond acceptors (Lipinski definition) is 5. The molecule has 34 heavy (non-hydrogen) atoms. The van der Waals surface area contributed by atoms with E-state index in [0.717, 1.165) is 0 Å². The highest BCUT2D eigenvalue weighted by molar-refractivity contribution is 7.89. The molecule has 8 nitrogen and oxygen atoms in total. The topological polar surface area (TPSA) is 96.0 Å². The number of methoxy groups -OCH3 is 1. The molecule has 0 bridgehead atoms. The Hall–Kier alpha value is -2.62. The summed E-state index contributed by atoms with van der Waals surface area (Å²) in [7, 11) is -2.24. The van der Waals surface area contributed by atoms with Crippen molar-refractivity contribution >= 4 is 39.1 Å². The lowest BCUT2D eigenvalue weighted by Crippen LogP contribution is -2.43. The molecule has 0 spiro atoms. The summed E-state index contributed by atoms with van der Waals surface area (Å²) < 4.78 is 32.5. The van der Waals surface area contributed by atoms with E-state index in [1.165, 1.54) is 29.6 Å². The SMILES string of the molecule is CCN(CC)S(=O)(=O)c1ccc(OC)c(NC(=O)[C@H]2CCCN(C(=O)c3ccc(Cl)cc3)C2)c1. The molecule has 184 valence electrons. The van der Waals surface area contributed by atoms with Crippen molar-refractivity contribution in [1.29, 1.82) is 0 Å². The van der Waals surface area contributed by atoms with Crippen LogP contribution in [-0.4, -0.2) is 62.7 Å². The zero-order valence-corrected chi connectivity index (χ0v) is 21.2. The minimum atomic E-state index is -3.70. The fourth-order valence-electron chi connectivity index (χ4n) is 4.04. The standard InChI is InChI=1S/C24H30ClN3O5S/c1-4-28(5-2)34(31,32)20-12-13-22(33-3)21(15-20)26-23(29)18-7-6-14-27(16-18)24(30)17-8-10-19(25)11-9-17/h8-13,15,18H,4-7,14,16H2,1-3H3,(H,26,29)/t18-/m0/s1. The van der Waals surface area contributed by atoms with Gasteiger partial charge in [0.2, 0.25) is 15.9 Å². The zero-order chi connectivity index (χ0) is 24.9. The third-order valence-electron chi connectivity index (χ3n) is 5.94. The molecule has 10 heteroatoms. The van der Waals surface area contributed by atoms with Crippen LogP contribution in [0.5, 0.6) is 5.75 Å². The number of hydrogen-bond donors (Lipinski definition) is 1. The van der Waals surface area contributed by atoms with Crippen LogP contribution >= 0.6 is 11.6 Å². The van der Waals surface area contributed by atoms with Crippen molar-refractivity contribution in [3.63, 3.8) is 0 Å². The van der Waals surface area contributed by atoms with E-state index >= 15 is 0 Å². The van der Waals surface area contributed by atoms with E-state index in [9.17, 15) is 18.0 Å². The predicted octanol–water partition coefficient (Wildman–Crippen LogP) is 3.87. The smallest absolute Gasteiger partial charge is 0.253 e. The van der Waals surface area contributed by atoms with Crippen molar-refractivity contribution in [2.24, 2.45) is 5.92 Å². The van der Waals surface area contributed by atoms with E-state index in [-0.39, 0.29) is 28.9 Å². The Balaban J connectivity index is 1.77. The second-order valence-electron chi connectivity index (χ2n) is 8.04. The van der Waals surface area contributed by atoms with Gasteiger partial charge in [-0.05, 0) is 55.3 Å². The van der Waals surface area contributed by atoms with Gasteiger partial charge in [0.05, 0.1) is 23.6 Å².